The van der Waals surface area contributed by atoms with Gasteiger partial charge in [0.05, 0.1) is 11.4 Å². The van der Waals surface area contributed by atoms with Gasteiger partial charge in [0.25, 0.3) is 0 Å². The van der Waals surface area contributed by atoms with Crippen molar-refractivity contribution in [1.29, 1.82) is 0 Å². The van der Waals surface area contributed by atoms with Gasteiger partial charge in [0, 0.05) is 5.56 Å². The zero-order chi connectivity index (χ0) is 14.0. The van der Waals surface area contributed by atoms with E-state index < -0.39 is 0 Å². The van der Waals surface area contributed by atoms with Crippen LogP contribution in [0, 0.1) is 20.8 Å². The second kappa shape index (κ2) is 5.47. The van der Waals surface area contributed by atoms with E-state index >= 15 is 0 Å². The standard InChI is InChI=1S/C16H22N2O/c1-5-6-7-15-13(4)17-18(16(15)19)14-9-8-11(2)12(3)10-14/h8-10,19H,5-7H2,1-4H3. The zero-order valence-electron chi connectivity index (χ0n) is 12.2. The summed E-state index contributed by atoms with van der Waals surface area (Å²) in [7, 11) is 0. The Kier molecular flexibility index (Phi) is 3.93. The lowest BCUT2D eigenvalue weighted by atomic mass is 10.1. The number of hydrogen-bond donors (Lipinski definition) is 1. The van der Waals surface area contributed by atoms with Crippen molar-refractivity contribution in [3.05, 3.63) is 40.6 Å². The number of benzene rings is 1. The number of aryl methyl sites for hydroxylation is 3. The highest BCUT2D eigenvalue weighted by atomic mass is 16.3. The van der Waals surface area contributed by atoms with Crippen molar-refractivity contribution in [2.24, 2.45) is 0 Å². The average molecular weight is 258 g/mol. The molecular weight excluding hydrogens is 236 g/mol. The molecular formula is C16H22N2O. The van der Waals surface area contributed by atoms with Crippen LogP contribution in [0.25, 0.3) is 5.69 Å². The summed E-state index contributed by atoms with van der Waals surface area (Å²) in [6.07, 6.45) is 3.08. The summed E-state index contributed by atoms with van der Waals surface area (Å²) in [6, 6.07) is 6.12. The molecule has 0 atom stereocenters. The second-order valence-electron chi connectivity index (χ2n) is 5.17. The molecule has 0 amide bonds. The minimum Gasteiger partial charge on any atom is -0.493 e. The van der Waals surface area contributed by atoms with Gasteiger partial charge < -0.3 is 5.11 Å². The molecule has 0 radical (unpaired) electrons. The molecule has 0 aliphatic carbocycles. The molecule has 0 aliphatic heterocycles. The molecule has 1 aromatic heterocycles. The Bertz CT molecular complexity index is 585. The Morgan fingerprint density at radius 2 is 1.89 bits per heavy atom. The van der Waals surface area contributed by atoms with Gasteiger partial charge in [-0.2, -0.15) is 5.10 Å². The molecule has 0 saturated carbocycles. The smallest absolute Gasteiger partial charge is 0.217 e. The van der Waals surface area contributed by atoms with Crippen LogP contribution in [-0.2, 0) is 6.42 Å². The van der Waals surface area contributed by atoms with Crippen LogP contribution >= 0.6 is 0 Å². The van der Waals surface area contributed by atoms with Gasteiger partial charge in [-0.25, -0.2) is 4.68 Å². The third kappa shape index (κ3) is 2.65. The van der Waals surface area contributed by atoms with Gasteiger partial charge >= 0.3 is 0 Å². The number of aromatic nitrogens is 2. The maximum atomic E-state index is 10.4. The first-order valence-corrected chi connectivity index (χ1v) is 6.89. The van der Waals surface area contributed by atoms with E-state index in [2.05, 4.69) is 38.0 Å². The summed E-state index contributed by atoms with van der Waals surface area (Å²) < 4.78 is 1.65. The summed E-state index contributed by atoms with van der Waals surface area (Å²) in [5.74, 6) is 0.286. The van der Waals surface area contributed by atoms with Crippen molar-refractivity contribution in [3.63, 3.8) is 0 Å². The van der Waals surface area contributed by atoms with E-state index in [1.807, 2.05) is 13.0 Å². The lowest BCUT2D eigenvalue weighted by Gasteiger charge is -2.07. The predicted octanol–water partition coefficient (Wildman–Crippen LogP) is 3.85. The van der Waals surface area contributed by atoms with Gasteiger partial charge in [-0.15, -0.1) is 0 Å². The monoisotopic (exact) mass is 258 g/mol. The lowest BCUT2D eigenvalue weighted by molar-refractivity contribution is 0.427. The van der Waals surface area contributed by atoms with Crippen molar-refractivity contribution in [1.82, 2.24) is 9.78 Å². The normalized spacial score (nSPS) is 10.9. The van der Waals surface area contributed by atoms with E-state index in [-0.39, 0.29) is 5.88 Å². The summed E-state index contributed by atoms with van der Waals surface area (Å²) in [5.41, 5.74) is 5.27. The Morgan fingerprint density at radius 1 is 1.16 bits per heavy atom. The fourth-order valence-corrected chi connectivity index (χ4v) is 2.23. The number of aromatic hydroxyl groups is 1. The third-order valence-electron chi connectivity index (χ3n) is 3.67. The van der Waals surface area contributed by atoms with Gasteiger partial charge in [-0.3, -0.25) is 0 Å². The average Bonchev–Trinajstić information content (AvgIpc) is 2.66. The molecule has 1 N–H and O–H groups in total. The zero-order valence-corrected chi connectivity index (χ0v) is 12.2. The van der Waals surface area contributed by atoms with Crippen LogP contribution in [0.15, 0.2) is 18.2 Å². The van der Waals surface area contributed by atoms with Crippen molar-refractivity contribution >= 4 is 0 Å². The topological polar surface area (TPSA) is 38.0 Å². The lowest BCUT2D eigenvalue weighted by Crippen LogP contribution is -1.97. The second-order valence-corrected chi connectivity index (χ2v) is 5.17. The number of hydrogen-bond acceptors (Lipinski definition) is 2. The van der Waals surface area contributed by atoms with Crippen LogP contribution < -0.4 is 0 Å². The number of rotatable bonds is 4. The first kappa shape index (κ1) is 13.7. The summed E-state index contributed by atoms with van der Waals surface area (Å²) in [4.78, 5) is 0. The molecule has 0 spiro atoms. The van der Waals surface area contributed by atoms with Crippen LogP contribution in [0.1, 0.15) is 42.1 Å². The van der Waals surface area contributed by atoms with E-state index in [9.17, 15) is 5.11 Å². The molecule has 1 aromatic carbocycles. The van der Waals surface area contributed by atoms with Gasteiger partial charge in [0.1, 0.15) is 0 Å². The van der Waals surface area contributed by atoms with Crippen LogP contribution in [0.4, 0.5) is 0 Å². The van der Waals surface area contributed by atoms with E-state index in [4.69, 9.17) is 0 Å². The minimum absolute atomic E-state index is 0.286. The molecule has 2 aromatic rings. The highest BCUT2D eigenvalue weighted by Gasteiger charge is 2.15. The van der Waals surface area contributed by atoms with Gasteiger partial charge in [0.2, 0.25) is 5.88 Å². The van der Waals surface area contributed by atoms with E-state index in [1.165, 1.54) is 11.1 Å². The molecule has 0 fully saturated rings. The molecule has 3 heteroatoms. The van der Waals surface area contributed by atoms with Crippen LogP contribution in [0.2, 0.25) is 0 Å². The van der Waals surface area contributed by atoms with Gasteiger partial charge in [-0.1, -0.05) is 19.4 Å². The molecule has 3 nitrogen and oxygen atoms in total. The highest BCUT2D eigenvalue weighted by Crippen LogP contribution is 2.26. The van der Waals surface area contributed by atoms with Crippen LogP contribution in [0.3, 0.4) is 0 Å². The molecule has 0 aliphatic rings. The summed E-state index contributed by atoms with van der Waals surface area (Å²) >= 11 is 0. The van der Waals surface area contributed by atoms with Crippen LogP contribution in [0.5, 0.6) is 5.88 Å². The summed E-state index contributed by atoms with van der Waals surface area (Å²) in [5, 5.41) is 14.8. The van der Waals surface area contributed by atoms with Gasteiger partial charge in [-0.05, 0) is 56.9 Å². The quantitative estimate of drug-likeness (QED) is 0.904. The van der Waals surface area contributed by atoms with Crippen LogP contribution in [-0.4, -0.2) is 14.9 Å². The van der Waals surface area contributed by atoms with Crippen molar-refractivity contribution in [3.8, 4) is 11.6 Å². The van der Waals surface area contributed by atoms with Crippen molar-refractivity contribution < 1.29 is 5.11 Å². The molecule has 19 heavy (non-hydrogen) atoms. The number of unbranched alkanes of at least 4 members (excludes halogenated alkanes) is 1. The van der Waals surface area contributed by atoms with E-state index in [1.54, 1.807) is 4.68 Å². The van der Waals surface area contributed by atoms with E-state index in [0.29, 0.717) is 0 Å². The van der Waals surface area contributed by atoms with E-state index in [0.717, 1.165) is 36.2 Å². The molecule has 1 heterocycles. The fraction of sp³-hybridized carbons (Fsp3) is 0.438. The molecule has 102 valence electrons. The first-order valence-electron chi connectivity index (χ1n) is 6.89. The number of nitrogens with zero attached hydrogens (tertiary/aromatic N) is 2. The largest absolute Gasteiger partial charge is 0.493 e. The Hall–Kier alpha value is -1.77. The minimum atomic E-state index is 0.286. The molecule has 2 rings (SSSR count). The molecule has 0 bridgehead atoms. The molecule has 0 saturated heterocycles. The summed E-state index contributed by atoms with van der Waals surface area (Å²) in [6.45, 7) is 8.27. The van der Waals surface area contributed by atoms with Crippen molar-refractivity contribution in [2.75, 3.05) is 0 Å². The maximum absolute atomic E-state index is 10.4. The third-order valence-corrected chi connectivity index (χ3v) is 3.67. The fourth-order valence-electron chi connectivity index (χ4n) is 2.23. The predicted molar refractivity (Wildman–Crippen MR) is 78.1 cm³/mol. The highest BCUT2D eigenvalue weighted by molar-refractivity contribution is 5.44. The Balaban J connectivity index is 2.42. The Morgan fingerprint density at radius 3 is 2.53 bits per heavy atom. The first-order chi connectivity index (χ1) is 9.04. The molecule has 0 unspecified atom stereocenters. The Labute approximate surface area is 114 Å². The van der Waals surface area contributed by atoms with Gasteiger partial charge in [0.15, 0.2) is 0 Å². The van der Waals surface area contributed by atoms with Crippen molar-refractivity contribution in [2.45, 2.75) is 47.0 Å². The maximum Gasteiger partial charge on any atom is 0.217 e. The SMILES string of the molecule is CCCCc1c(C)nn(-c2ccc(C)c(C)c2)c1O.